The van der Waals surface area contributed by atoms with Crippen LogP contribution in [0.5, 0.6) is 11.5 Å². The van der Waals surface area contributed by atoms with Crippen LogP contribution < -0.4 is 20.1 Å². The highest BCUT2D eigenvalue weighted by molar-refractivity contribution is 5.80. The monoisotopic (exact) mass is 404 g/mol. The third-order valence-electron chi connectivity index (χ3n) is 5.32. The number of ether oxygens (including phenoxy) is 2. The first kappa shape index (κ1) is 23.3. The number of likely N-dealkylation sites (tertiary alicyclic amines) is 1. The van der Waals surface area contributed by atoms with Gasteiger partial charge >= 0.3 is 0 Å². The van der Waals surface area contributed by atoms with E-state index in [-0.39, 0.29) is 6.04 Å². The van der Waals surface area contributed by atoms with Gasteiger partial charge in [0, 0.05) is 19.6 Å². The van der Waals surface area contributed by atoms with Gasteiger partial charge in [0.1, 0.15) is 0 Å². The van der Waals surface area contributed by atoms with Gasteiger partial charge in [0.05, 0.1) is 19.3 Å². The lowest BCUT2D eigenvalue weighted by Crippen LogP contribution is -2.40. The molecule has 6 heteroatoms. The van der Waals surface area contributed by atoms with E-state index in [2.05, 4.69) is 48.4 Å². The van der Waals surface area contributed by atoms with Crippen LogP contribution in [-0.2, 0) is 0 Å². The van der Waals surface area contributed by atoms with Crippen LogP contribution in [-0.4, -0.2) is 56.8 Å². The number of aliphatic imine (C=N–C) groups is 1. The van der Waals surface area contributed by atoms with Crippen molar-refractivity contribution in [2.75, 3.05) is 45.9 Å². The first-order valence-electron chi connectivity index (χ1n) is 11.3. The van der Waals surface area contributed by atoms with Gasteiger partial charge in [-0.3, -0.25) is 4.99 Å². The number of hydrogen-bond acceptors (Lipinski definition) is 4. The van der Waals surface area contributed by atoms with Crippen molar-refractivity contribution in [3.63, 3.8) is 0 Å². The fourth-order valence-electron chi connectivity index (χ4n) is 3.75. The minimum absolute atomic E-state index is 0.112. The summed E-state index contributed by atoms with van der Waals surface area (Å²) in [6.45, 7) is 16.9. The number of nitrogens with one attached hydrogen (secondary N) is 2. The zero-order valence-electron chi connectivity index (χ0n) is 19.0. The zero-order chi connectivity index (χ0) is 21.1. The van der Waals surface area contributed by atoms with Gasteiger partial charge in [-0.1, -0.05) is 13.0 Å². The molecule has 164 valence electrons. The van der Waals surface area contributed by atoms with Crippen LogP contribution >= 0.6 is 0 Å². The van der Waals surface area contributed by atoms with E-state index < -0.39 is 0 Å². The predicted molar refractivity (Wildman–Crippen MR) is 121 cm³/mol. The van der Waals surface area contributed by atoms with Crippen molar-refractivity contribution >= 4 is 5.96 Å². The Morgan fingerprint density at radius 3 is 2.62 bits per heavy atom. The van der Waals surface area contributed by atoms with Crippen LogP contribution in [0.4, 0.5) is 0 Å². The van der Waals surface area contributed by atoms with E-state index in [1.165, 1.54) is 19.4 Å². The Kier molecular flexibility index (Phi) is 10.1. The normalized spacial score (nSPS) is 18.9. The van der Waals surface area contributed by atoms with Gasteiger partial charge in [-0.05, 0) is 77.2 Å². The smallest absolute Gasteiger partial charge is 0.191 e. The largest absolute Gasteiger partial charge is 0.490 e. The van der Waals surface area contributed by atoms with Crippen molar-refractivity contribution in [1.82, 2.24) is 15.5 Å². The van der Waals surface area contributed by atoms with Gasteiger partial charge in [0.15, 0.2) is 17.5 Å². The van der Waals surface area contributed by atoms with Gasteiger partial charge in [-0.2, -0.15) is 0 Å². The topological polar surface area (TPSA) is 58.1 Å². The Hall–Kier alpha value is -1.95. The number of hydrogen-bond donors (Lipinski definition) is 2. The summed E-state index contributed by atoms with van der Waals surface area (Å²) >= 11 is 0. The highest BCUT2D eigenvalue weighted by atomic mass is 16.5. The summed E-state index contributed by atoms with van der Waals surface area (Å²) in [4.78, 5) is 7.42. The molecule has 29 heavy (non-hydrogen) atoms. The van der Waals surface area contributed by atoms with Crippen LogP contribution in [0.15, 0.2) is 23.2 Å². The fourth-order valence-corrected chi connectivity index (χ4v) is 3.75. The molecule has 1 aliphatic rings. The Bertz CT molecular complexity index is 635. The quantitative estimate of drug-likeness (QED) is 0.458. The van der Waals surface area contributed by atoms with Gasteiger partial charge in [-0.25, -0.2) is 0 Å². The SMILES string of the molecule is CCNC(=NCC1CCCN(CC)C1)NC(C)c1ccc(OCC)c(OCC)c1. The molecule has 2 rings (SSSR count). The van der Waals surface area contributed by atoms with E-state index in [0.717, 1.165) is 49.2 Å². The van der Waals surface area contributed by atoms with Crippen LogP contribution in [0.25, 0.3) is 0 Å². The number of benzene rings is 1. The molecule has 2 unspecified atom stereocenters. The number of guanidine groups is 1. The molecule has 2 atom stereocenters. The number of nitrogens with zero attached hydrogens (tertiary/aromatic N) is 2. The Labute approximate surface area is 177 Å². The molecule has 1 aliphatic heterocycles. The molecule has 1 saturated heterocycles. The molecule has 0 saturated carbocycles. The van der Waals surface area contributed by atoms with Gasteiger partial charge in [-0.15, -0.1) is 0 Å². The number of piperidine rings is 1. The van der Waals surface area contributed by atoms with Gasteiger partial charge in [0.2, 0.25) is 0 Å². The lowest BCUT2D eigenvalue weighted by Gasteiger charge is -2.31. The molecule has 1 fully saturated rings. The second kappa shape index (κ2) is 12.6. The standard InChI is InChI=1S/C23H40N4O2/c1-6-24-23(25-16-19-11-10-14-27(7-2)17-19)26-18(5)20-12-13-21(28-8-3)22(15-20)29-9-4/h12-13,15,18-19H,6-11,14,16-17H2,1-5H3,(H2,24,25,26). The molecule has 6 nitrogen and oxygen atoms in total. The zero-order valence-corrected chi connectivity index (χ0v) is 19.0. The third-order valence-corrected chi connectivity index (χ3v) is 5.32. The van der Waals surface area contributed by atoms with E-state index in [1.54, 1.807) is 0 Å². The molecule has 1 aromatic carbocycles. The maximum Gasteiger partial charge on any atom is 0.191 e. The molecule has 0 radical (unpaired) electrons. The lowest BCUT2D eigenvalue weighted by atomic mass is 9.98. The summed E-state index contributed by atoms with van der Waals surface area (Å²) < 4.78 is 11.5. The van der Waals surface area contributed by atoms with Crippen molar-refractivity contribution in [1.29, 1.82) is 0 Å². The van der Waals surface area contributed by atoms with Gasteiger partial charge in [0.25, 0.3) is 0 Å². The van der Waals surface area contributed by atoms with E-state index in [4.69, 9.17) is 14.5 Å². The molecular weight excluding hydrogens is 364 g/mol. The first-order valence-corrected chi connectivity index (χ1v) is 11.3. The minimum Gasteiger partial charge on any atom is -0.490 e. The van der Waals surface area contributed by atoms with Crippen molar-refractivity contribution in [2.45, 2.75) is 53.5 Å². The lowest BCUT2D eigenvalue weighted by molar-refractivity contribution is 0.186. The van der Waals surface area contributed by atoms with Crippen LogP contribution in [0.1, 0.15) is 59.1 Å². The molecular formula is C23H40N4O2. The molecule has 0 aliphatic carbocycles. The molecule has 1 heterocycles. The first-order chi connectivity index (χ1) is 14.1. The van der Waals surface area contributed by atoms with Crippen molar-refractivity contribution < 1.29 is 9.47 Å². The van der Waals surface area contributed by atoms with Crippen LogP contribution in [0.2, 0.25) is 0 Å². The average Bonchev–Trinajstić information content (AvgIpc) is 2.74. The second-order valence-corrected chi connectivity index (χ2v) is 7.56. The van der Waals surface area contributed by atoms with Crippen molar-refractivity contribution in [3.05, 3.63) is 23.8 Å². The number of rotatable bonds is 10. The summed E-state index contributed by atoms with van der Waals surface area (Å²) in [6.07, 6.45) is 2.55. The highest BCUT2D eigenvalue weighted by Gasteiger charge is 2.19. The molecule has 0 aromatic heterocycles. The summed E-state index contributed by atoms with van der Waals surface area (Å²) in [7, 11) is 0. The van der Waals surface area contributed by atoms with Crippen molar-refractivity contribution in [3.8, 4) is 11.5 Å². The van der Waals surface area contributed by atoms with E-state index in [1.807, 2.05) is 19.9 Å². The molecule has 2 N–H and O–H groups in total. The van der Waals surface area contributed by atoms with Crippen LogP contribution in [0.3, 0.4) is 0 Å². The van der Waals surface area contributed by atoms with Crippen LogP contribution in [0, 0.1) is 5.92 Å². The Morgan fingerprint density at radius 1 is 1.17 bits per heavy atom. The second-order valence-electron chi connectivity index (χ2n) is 7.56. The van der Waals surface area contributed by atoms with E-state index in [0.29, 0.717) is 19.1 Å². The summed E-state index contributed by atoms with van der Waals surface area (Å²) in [5.41, 5.74) is 1.15. The Balaban J connectivity index is 2.04. The van der Waals surface area contributed by atoms with E-state index >= 15 is 0 Å². The minimum atomic E-state index is 0.112. The summed E-state index contributed by atoms with van der Waals surface area (Å²) in [5, 5.41) is 6.94. The summed E-state index contributed by atoms with van der Waals surface area (Å²) in [6, 6.07) is 6.26. The molecule has 0 spiro atoms. The third kappa shape index (κ3) is 7.42. The average molecular weight is 405 g/mol. The maximum atomic E-state index is 5.78. The Morgan fingerprint density at radius 2 is 1.93 bits per heavy atom. The van der Waals surface area contributed by atoms with Gasteiger partial charge < -0.3 is 25.0 Å². The molecule has 0 bridgehead atoms. The molecule has 0 amide bonds. The highest BCUT2D eigenvalue weighted by Crippen LogP contribution is 2.30. The van der Waals surface area contributed by atoms with Crippen molar-refractivity contribution in [2.24, 2.45) is 10.9 Å². The maximum absolute atomic E-state index is 5.78. The van der Waals surface area contributed by atoms with E-state index in [9.17, 15) is 0 Å². The predicted octanol–water partition coefficient (Wildman–Crippen LogP) is 3.83. The summed E-state index contributed by atoms with van der Waals surface area (Å²) in [5.74, 6) is 3.11. The fraction of sp³-hybridized carbons (Fsp3) is 0.696. The molecule has 1 aromatic rings.